The van der Waals surface area contributed by atoms with E-state index in [1.54, 1.807) is 12.8 Å². The quantitative estimate of drug-likeness (QED) is 0.660. The lowest BCUT2D eigenvalue weighted by Gasteiger charge is -2.52. The maximum absolute atomic E-state index is 2.60. The number of hydrogen-bond acceptors (Lipinski definition) is 1. The molecule has 0 aromatic carbocycles. The molecular weight excluding hydrogens is 206 g/mol. The van der Waals surface area contributed by atoms with Crippen LogP contribution in [0.1, 0.15) is 73.6 Å². The van der Waals surface area contributed by atoms with E-state index in [0.717, 1.165) is 11.3 Å². The van der Waals surface area contributed by atoms with E-state index in [9.17, 15) is 0 Å². The molecule has 0 N–H and O–H groups in total. The third kappa shape index (κ3) is 4.62. The maximum atomic E-state index is 2.60. The summed E-state index contributed by atoms with van der Waals surface area (Å²) in [5, 5.41) is 0. The third-order valence-electron chi connectivity index (χ3n) is 4.38. The van der Waals surface area contributed by atoms with Crippen molar-refractivity contribution in [2.45, 2.75) is 73.6 Å². The van der Waals surface area contributed by atoms with Crippen molar-refractivity contribution >= 4 is 0 Å². The van der Waals surface area contributed by atoms with Gasteiger partial charge in [-0.1, -0.05) is 48.0 Å². The maximum Gasteiger partial charge on any atom is -0.00135 e. The van der Waals surface area contributed by atoms with E-state index in [4.69, 9.17) is 0 Å². The molecule has 0 aromatic heterocycles. The van der Waals surface area contributed by atoms with E-state index in [0.29, 0.717) is 0 Å². The van der Waals surface area contributed by atoms with E-state index in [1.165, 1.54) is 38.9 Å². The zero-order chi connectivity index (χ0) is 13.3. The minimum absolute atomic E-state index is 0.812. The van der Waals surface area contributed by atoms with Gasteiger partial charge in [-0.25, -0.2) is 0 Å². The predicted octanol–water partition coefficient (Wildman–Crippen LogP) is 4.96. The van der Waals surface area contributed by atoms with Crippen molar-refractivity contribution in [3.63, 3.8) is 0 Å². The molecule has 2 aliphatic rings. The van der Waals surface area contributed by atoms with Gasteiger partial charge < -0.3 is 4.90 Å². The molecular formula is C16H35N. The standard InChI is InChI=1S/C12H23N.2C2H6/c1-3-11-9-12(10-11)5-7-13(4-2)8-6-12;2*1-2/h11H,3-10H2,1-2H3;2*1-2H3. The lowest BCUT2D eigenvalue weighted by atomic mass is 9.57. The van der Waals surface area contributed by atoms with Gasteiger partial charge in [0.25, 0.3) is 0 Å². The second-order valence-electron chi connectivity index (χ2n) is 5.12. The van der Waals surface area contributed by atoms with Crippen LogP contribution in [0.5, 0.6) is 0 Å². The Kier molecular flexibility index (Phi) is 8.94. The molecule has 2 rings (SSSR count). The van der Waals surface area contributed by atoms with Gasteiger partial charge in [-0.05, 0) is 56.7 Å². The molecule has 2 fully saturated rings. The highest BCUT2D eigenvalue weighted by Crippen LogP contribution is 2.53. The molecule has 1 heteroatoms. The van der Waals surface area contributed by atoms with Gasteiger partial charge in [-0.3, -0.25) is 0 Å². The van der Waals surface area contributed by atoms with Crippen molar-refractivity contribution < 1.29 is 0 Å². The van der Waals surface area contributed by atoms with E-state index < -0.39 is 0 Å². The zero-order valence-electron chi connectivity index (χ0n) is 13.2. The third-order valence-corrected chi connectivity index (χ3v) is 4.38. The number of nitrogens with zero attached hydrogens (tertiary/aromatic N) is 1. The topological polar surface area (TPSA) is 3.24 Å². The van der Waals surface area contributed by atoms with Crippen LogP contribution in [0.25, 0.3) is 0 Å². The minimum Gasteiger partial charge on any atom is -0.304 e. The Bertz CT molecular complexity index is 160. The molecule has 0 unspecified atom stereocenters. The Hall–Kier alpha value is -0.0400. The lowest BCUT2D eigenvalue weighted by molar-refractivity contribution is -0.0129. The highest BCUT2D eigenvalue weighted by Gasteiger charge is 2.44. The largest absolute Gasteiger partial charge is 0.304 e. The predicted molar refractivity (Wildman–Crippen MR) is 79.5 cm³/mol. The smallest absolute Gasteiger partial charge is 0.00135 e. The van der Waals surface area contributed by atoms with Crippen LogP contribution in [0, 0.1) is 11.3 Å². The summed E-state index contributed by atoms with van der Waals surface area (Å²) in [5.74, 6) is 1.08. The summed E-state index contributed by atoms with van der Waals surface area (Å²) < 4.78 is 0. The number of hydrogen-bond donors (Lipinski definition) is 0. The molecule has 1 heterocycles. The fourth-order valence-corrected chi connectivity index (χ4v) is 3.21. The van der Waals surface area contributed by atoms with Gasteiger partial charge in [-0.2, -0.15) is 0 Å². The second-order valence-corrected chi connectivity index (χ2v) is 5.12. The van der Waals surface area contributed by atoms with Crippen LogP contribution in [0.2, 0.25) is 0 Å². The van der Waals surface area contributed by atoms with Gasteiger partial charge in [0.05, 0.1) is 0 Å². The highest BCUT2D eigenvalue weighted by atomic mass is 15.1. The summed E-state index contributed by atoms with van der Waals surface area (Å²) in [6, 6.07) is 0. The van der Waals surface area contributed by atoms with E-state index in [1.807, 2.05) is 27.7 Å². The molecule has 1 aliphatic heterocycles. The summed E-state index contributed by atoms with van der Waals surface area (Å²) in [5.41, 5.74) is 0.812. The fourth-order valence-electron chi connectivity index (χ4n) is 3.21. The van der Waals surface area contributed by atoms with Crippen molar-refractivity contribution in [1.29, 1.82) is 0 Å². The Morgan fingerprint density at radius 1 is 0.941 bits per heavy atom. The summed E-state index contributed by atoms with van der Waals surface area (Å²) >= 11 is 0. The molecule has 1 saturated carbocycles. The molecule has 1 spiro atoms. The zero-order valence-corrected chi connectivity index (χ0v) is 13.2. The molecule has 104 valence electrons. The Balaban J connectivity index is 0.000000581. The van der Waals surface area contributed by atoms with Crippen molar-refractivity contribution in [3.8, 4) is 0 Å². The monoisotopic (exact) mass is 241 g/mol. The van der Waals surface area contributed by atoms with Crippen LogP contribution in [0.3, 0.4) is 0 Å². The van der Waals surface area contributed by atoms with Gasteiger partial charge in [0, 0.05) is 0 Å². The van der Waals surface area contributed by atoms with E-state index in [2.05, 4.69) is 18.7 Å². The Morgan fingerprint density at radius 3 is 1.76 bits per heavy atom. The van der Waals surface area contributed by atoms with Crippen LogP contribution in [0.15, 0.2) is 0 Å². The first-order chi connectivity index (χ1) is 8.28. The van der Waals surface area contributed by atoms with Crippen LogP contribution in [-0.4, -0.2) is 24.5 Å². The molecule has 1 saturated heterocycles. The molecule has 1 nitrogen and oxygen atoms in total. The minimum atomic E-state index is 0.812. The molecule has 0 aromatic rings. The first-order valence-corrected chi connectivity index (χ1v) is 8.00. The molecule has 0 amide bonds. The van der Waals surface area contributed by atoms with Crippen molar-refractivity contribution in [3.05, 3.63) is 0 Å². The van der Waals surface area contributed by atoms with Gasteiger partial charge >= 0.3 is 0 Å². The van der Waals surface area contributed by atoms with Gasteiger partial charge in [0.15, 0.2) is 0 Å². The van der Waals surface area contributed by atoms with Crippen molar-refractivity contribution in [2.75, 3.05) is 19.6 Å². The highest BCUT2D eigenvalue weighted by molar-refractivity contribution is 4.96. The lowest BCUT2D eigenvalue weighted by Crippen LogP contribution is -2.46. The average Bonchev–Trinajstić information content (AvgIpc) is 2.40. The molecule has 17 heavy (non-hydrogen) atoms. The molecule has 0 bridgehead atoms. The van der Waals surface area contributed by atoms with Crippen molar-refractivity contribution in [1.82, 2.24) is 4.90 Å². The van der Waals surface area contributed by atoms with Crippen LogP contribution in [-0.2, 0) is 0 Å². The van der Waals surface area contributed by atoms with Crippen molar-refractivity contribution in [2.24, 2.45) is 11.3 Å². The van der Waals surface area contributed by atoms with Gasteiger partial charge in [0.2, 0.25) is 0 Å². The van der Waals surface area contributed by atoms with E-state index >= 15 is 0 Å². The first kappa shape index (κ1) is 17.0. The molecule has 1 aliphatic carbocycles. The van der Waals surface area contributed by atoms with Crippen LogP contribution < -0.4 is 0 Å². The SMILES string of the molecule is CC.CC.CCC1CC2(CCN(CC)CC2)C1. The number of rotatable bonds is 2. The van der Waals surface area contributed by atoms with Gasteiger partial charge in [0.1, 0.15) is 0 Å². The number of piperidine rings is 1. The number of likely N-dealkylation sites (tertiary alicyclic amines) is 1. The molecule has 0 radical (unpaired) electrons. The summed E-state index contributed by atoms with van der Waals surface area (Å²) in [7, 11) is 0. The van der Waals surface area contributed by atoms with E-state index in [-0.39, 0.29) is 0 Å². The average molecular weight is 241 g/mol. The summed E-state index contributed by atoms with van der Waals surface area (Å²) in [4.78, 5) is 2.60. The second kappa shape index (κ2) is 8.97. The Morgan fingerprint density at radius 2 is 1.41 bits per heavy atom. The Labute approximate surface area is 110 Å². The summed E-state index contributed by atoms with van der Waals surface area (Å²) in [6.45, 7) is 16.6. The van der Waals surface area contributed by atoms with Gasteiger partial charge in [-0.15, -0.1) is 0 Å². The first-order valence-electron chi connectivity index (χ1n) is 8.00. The van der Waals surface area contributed by atoms with Crippen LogP contribution >= 0.6 is 0 Å². The summed E-state index contributed by atoms with van der Waals surface area (Å²) in [6.07, 6.45) is 7.47. The normalized spacial score (nSPS) is 22.9. The molecule has 0 atom stereocenters. The van der Waals surface area contributed by atoms with Crippen LogP contribution in [0.4, 0.5) is 0 Å². The fraction of sp³-hybridized carbons (Fsp3) is 1.00.